The molecule has 1 aromatic carbocycles. The average Bonchev–Trinajstić information content (AvgIpc) is 2.78. The first-order valence-electron chi connectivity index (χ1n) is 6.78. The maximum atomic E-state index is 12.0. The van der Waals surface area contributed by atoms with Crippen LogP contribution in [0.15, 0.2) is 18.2 Å². The average molecular weight is 315 g/mol. The van der Waals surface area contributed by atoms with Crippen LogP contribution < -0.4 is 0 Å². The SMILES string of the molecule is O=C(Cc1c(Cl)cccc1Cl)OC1CCC2(COC2)C1. The van der Waals surface area contributed by atoms with Gasteiger partial charge in [-0.1, -0.05) is 29.3 Å². The van der Waals surface area contributed by atoms with Gasteiger partial charge in [0.1, 0.15) is 6.10 Å². The molecule has 1 heterocycles. The predicted octanol–water partition coefficient (Wildman–Crippen LogP) is 3.65. The summed E-state index contributed by atoms with van der Waals surface area (Å²) in [6, 6.07) is 5.22. The van der Waals surface area contributed by atoms with Gasteiger partial charge in [-0.25, -0.2) is 0 Å². The molecule has 1 saturated carbocycles. The van der Waals surface area contributed by atoms with Crippen LogP contribution in [0.1, 0.15) is 24.8 Å². The Bertz CT molecular complexity index is 506. The lowest BCUT2D eigenvalue weighted by Gasteiger charge is -2.37. The highest BCUT2D eigenvalue weighted by Crippen LogP contribution is 2.45. The number of carbonyl (C=O) groups is 1. The molecule has 20 heavy (non-hydrogen) atoms. The van der Waals surface area contributed by atoms with Gasteiger partial charge in [-0.2, -0.15) is 0 Å². The molecule has 0 aromatic heterocycles. The largest absolute Gasteiger partial charge is 0.462 e. The van der Waals surface area contributed by atoms with E-state index in [2.05, 4.69) is 0 Å². The molecule has 1 unspecified atom stereocenters. The molecule has 0 amide bonds. The number of benzene rings is 1. The number of halogens is 2. The van der Waals surface area contributed by atoms with E-state index in [1.807, 2.05) is 0 Å². The number of hydrogen-bond acceptors (Lipinski definition) is 3. The van der Waals surface area contributed by atoms with E-state index in [1.165, 1.54) is 0 Å². The van der Waals surface area contributed by atoms with Crippen LogP contribution in [0.2, 0.25) is 10.0 Å². The minimum Gasteiger partial charge on any atom is -0.462 e. The van der Waals surface area contributed by atoms with E-state index in [0.717, 1.165) is 32.5 Å². The second-order valence-electron chi connectivity index (χ2n) is 5.72. The van der Waals surface area contributed by atoms with Crippen molar-refractivity contribution in [2.45, 2.75) is 31.8 Å². The summed E-state index contributed by atoms with van der Waals surface area (Å²) >= 11 is 12.1. The van der Waals surface area contributed by atoms with Gasteiger partial charge >= 0.3 is 5.97 Å². The second kappa shape index (κ2) is 5.55. The van der Waals surface area contributed by atoms with Crippen molar-refractivity contribution >= 4 is 29.2 Å². The molecule has 3 nitrogen and oxygen atoms in total. The van der Waals surface area contributed by atoms with Crippen molar-refractivity contribution in [1.29, 1.82) is 0 Å². The molecule has 1 aliphatic carbocycles. The van der Waals surface area contributed by atoms with Gasteiger partial charge in [0.15, 0.2) is 0 Å². The summed E-state index contributed by atoms with van der Waals surface area (Å²) in [7, 11) is 0. The van der Waals surface area contributed by atoms with Gasteiger partial charge in [-0.05, 0) is 31.4 Å². The van der Waals surface area contributed by atoms with Crippen LogP contribution in [0, 0.1) is 5.41 Å². The van der Waals surface area contributed by atoms with Gasteiger partial charge in [-0.3, -0.25) is 4.79 Å². The van der Waals surface area contributed by atoms with E-state index >= 15 is 0 Å². The molecular weight excluding hydrogens is 299 g/mol. The Kier molecular flexibility index (Phi) is 3.93. The fourth-order valence-corrected chi connectivity index (χ4v) is 3.51. The lowest BCUT2D eigenvalue weighted by molar-refractivity contribution is -0.151. The molecule has 2 aliphatic rings. The number of esters is 1. The third kappa shape index (κ3) is 2.80. The molecule has 5 heteroatoms. The van der Waals surface area contributed by atoms with Gasteiger partial charge in [0.2, 0.25) is 0 Å². The first-order chi connectivity index (χ1) is 9.58. The monoisotopic (exact) mass is 314 g/mol. The Morgan fingerprint density at radius 2 is 2.05 bits per heavy atom. The van der Waals surface area contributed by atoms with Crippen LogP contribution >= 0.6 is 23.2 Å². The Hall–Kier alpha value is -0.770. The van der Waals surface area contributed by atoms with Crippen LogP contribution in [-0.4, -0.2) is 25.3 Å². The smallest absolute Gasteiger partial charge is 0.310 e. The Morgan fingerprint density at radius 1 is 1.35 bits per heavy atom. The molecule has 0 radical (unpaired) electrons. The fraction of sp³-hybridized carbons (Fsp3) is 0.533. The Balaban J connectivity index is 1.58. The standard InChI is InChI=1S/C15H16Cl2O3/c16-12-2-1-3-13(17)11(12)6-14(18)20-10-4-5-15(7-10)8-19-9-15/h1-3,10H,4-9H2. The normalized spacial score (nSPS) is 23.6. The molecule has 1 atom stereocenters. The highest BCUT2D eigenvalue weighted by atomic mass is 35.5. The minimum absolute atomic E-state index is 0.00710. The third-order valence-corrected chi connectivity index (χ3v) is 4.86. The molecule has 2 fully saturated rings. The van der Waals surface area contributed by atoms with Crippen LogP contribution in [0.25, 0.3) is 0 Å². The van der Waals surface area contributed by atoms with E-state index < -0.39 is 0 Å². The maximum Gasteiger partial charge on any atom is 0.310 e. The quantitative estimate of drug-likeness (QED) is 0.799. The van der Waals surface area contributed by atoms with Crippen molar-refractivity contribution in [3.8, 4) is 0 Å². The molecule has 3 rings (SSSR count). The number of ether oxygens (including phenoxy) is 2. The maximum absolute atomic E-state index is 12.0. The van der Waals surface area contributed by atoms with Gasteiger partial charge in [0.25, 0.3) is 0 Å². The van der Waals surface area contributed by atoms with Gasteiger partial charge in [0, 0.05) is 21.0 Å². The molecule has 0 bridgehead atoms. The molecule has 1 aromatic rings. The second-order valence-corrected chi connectivity index (χ2v) is 6.54. The van der Waals surface area contributed by atoms with E-state index in [4.69, 9.17) is 32.7 Å². The summed E-state index contributed by atoms with van der Waals surface area (Å²) in [5.74, 6) is -0.262. The fourth-order valence-electron chi connectivity index (χ4n) is 2.98. The van der Waals surface area contributed by atoms with Crippen molar-refractivity contribution in [3.63, 3.8) is 0 Å². The van der Waals surface area contributed by atoms with Crippen LogP contribution in [0.3, 0.4) is 0 Å². The summed E-state index contributed by atoms with van der Waals surface area (Å²) in [5.41, 5.74) is 0.910. The number of hydrogen-bond donors (Lipinski definition) is 0. The zero-order chi connectivity index (χ0) is 14.2. The predicted molar refractivity (Wildman–Crippen MR) is 77.1 cm³/mol. The number of carbonyl (C=O) groups excluding carboxylic acids is 1. The van der Waals surface area contributed by atoms with E-state index in [1.54, 1.807) is 18.2 Å². The first kappa shape index (κ1) is 14.2. The van der Waals surface area contributed by atoms with Gasteiger partial charge < -0.3 is 9.47 Å². The van der Waals surface area contributed by atoms with Crippen molar-refractivity contribution in [2.24, 2.45) is 5.41 Å². The van der Waals surface area contributed by atoms with Gasteiger partial charge in [-0.15, -0.1) is 0 Å². The molecule has 1 aliphatic heterocycles. The van der Waals surface area contributed by atoms with E-state index in [-0.39, 0.29) is 23.9 Å². The highest BCUT2D eigenvalue weighted by Gasteiger charge is 2.46. The molecule has 1 saturated heterocycles. The summed E-state index contributed by atoms with van der Waals surface area (Å²) < 4.78 is 10.8. The van der Waals surface area contributed by atoms with E-state index in [0.29, 0.717) is 15.6 Å². The zero-order valence-electron chi connectivity index (χ0n) is 11.0. The van der Waals surface area contributed by atoms with E-state index in [9.17, 15) is 4.79 Å². The van der Waals surface area contributed by atoms with Crippen molar-refractivity contribution in [3.05, 3.63) is 33.8 Å². The Morgan fingerprint density at radius 3 is 2.60 bits per heavy atom. The minimum atomic E-state index is -0.262. The molecule has 108 valence electrons. The topological polar surface area (TPSA) is 35.5 Å². The summed E-state index contributed by atoms with van der Waals surface area (Å²) in [6.45, 7) is 1.61. The molecule has 0 N–H and O–H groups in total. The molecular formula is C15H16Cl2O3. The number of rotatable bonds is 3. The summed E-state index contributed by atoms with van der Waals surface area (Å²) in [4.78, 5) is 12.0. The van der Waals surface area contributed by atoms with Crippen molar-refractivity contribution < 1.29 is 14.3 Å². The van der Waals surface area contributed by atoms with Crippen LogP contribution in [0.5, 0.6) is 0 Å². The zero-order valence-corrected chi connectivity index (χ0v) is 12.5. The first-order valence-corrected chi connectivity index (χ1v) is 7.54. The van der Waals surface area contributed by atoms with Crippen molar-refractivity contribution in [1.82, 2.24) is 0 Å². The lowest BCUT2D eigenvalue weighted by atomic mass is 9.84. The van der Waals surface area contributed by atoms with Crippen LogP contribution in [0.4, 0.5) is 0 Å². The Labute approximate surface area is 128 Å². The molecule has 1 spiro atoms. The lowest BCUT2D eigenvalue weighted by Crippen LogP contribution is -2.40. The highest BCUT2D eigenvalue weighted by molar-refractivity contribution is 6.36. The van der Waals surface area contributed by atoms with Crippen molar-refractivity contribution in [2.75, 3.05) is 13.2 Å². The van der Waals surface area contributed by atoms with Crippen LogP contribution in [-0.2, 0) is 20.7 Å². The third-order valence-electron chi connectivity index (χ3n) is 4.15. The summed E-state index contributed by atoms with van der Waals surface area (Å²) in [6.07, 6.45) is 3.05. The summed E-state index contributed by atoms with van der Waals surface area (Å²) in [5, 5.41) is 1.01. The van der Waals surface area contributed by atoms with Gasteiger partial charge in [0.05, 0.1) is 19.6 Å².